The summed E-state index contributed by atoms with van der Waals surface area (Å²) in [5.41, 5.74) is 1.08. The zero-order valence-electron chi connectivity index (χ0n) is 13.4. The number of nitrogens with one attached hydrogen (secondary N) is 1. The molecule has 1 aliphatic carbocycles. The summed E-state index contributed by atoms with van der Waals surface area (Å²) in [7, 11) is 0. The molecule has 0 saturated heterocycles. The quantitative estimate of drug-likeness (QED) is 0.540. The first kappa shape index (κ1) is 16.0. The fourth-order valence-corrected chi connectivity index (χ4v) is 3.30. The SMILES string of the molecule is CCCCCCCCCNCC1C(C)(C)C1(C)C. The molecule has 0 heterocycles. The minimum Gasteiger partial charge on any atom is -0.316 e. The van der Waals surface area contributed by atoms with Crippen molar-refractivity contribution in [1.29, 1.82) is 0 Å². The van der Waals surface area contributed by atoms with Crippen LogP contribution in [0.3, 0.4) is 0 Å². The van der Waals surface area contributed by atoms with E-state index in [0.29, 0.717) is 10.8 Å². The van der Waals surface area contributed by atoms with Gasteiger partial charge in [0.05, 0.1) is 0 Å². The Labute approximate surface area is 115 Å². The van der Waals surface area contributed by atoms with Gasteiger partial charge in [0.1, 0.15) is 0 Å². The summed E-state index contributed by atoms with van der Waals surface area (Å²) in [6.45, 7) is 14.4. The Morgan fingerprint density at radius 2 is 1.28 bits per heavy atom. The molecule has 0 spiro atoms. The molecule has 1 saturated carbocycles. The van der Waals surface area contributed by atoms with Gasteiger partial charge in [-0.05, 0) is 36.3 Å². The molecule has 0 aromatic heterocycles. The van der Waals surface area contributed by atoms with E-state index in [1.54, 1.807) is 0 Å². The minimum atomic E-state index is 0.542. The second kappa shape index (κ2) is 6.93. The van der Waals surface area contributed by atoms with E-state index in [4.69, 9.17) is 0 Å². The molecule has 0 aromatic rings. The lowest BCUT2D eigenvalue weighted by molar-refractivity contribution is 0.457. The Morgan fingerprint density at radius 1 is 0.778 bits per heavy atom. The van der Waals surface area contributed by atoms with Crippen molar-refractivity contribution < 1.29 is 0 Å². The maximum atomic E-state index is 3.66. The van der Waals surface area contributed by atoms with Crippen molar-refractivity contribution in [3.63, 3.8) is 0 Å². The third kappa shape index (κ3) is 3.98. The van der Waals surface area contributed by atoms with E-state index in [9.17, 15) is 0 Å². The largest absolute Gasteiger partial charge is 0.316 e. The van der Waals surface area contributed by atoms with Crippen molar-refractivity contribution in [2.24, 2.45) is 16.7 Å². The number of unbranched alkanes of at least 4 members (excludes halogenated alkanes) is 6. The predicted molar refractivity (Wildman–Crippen MR) is 81.9 cm³/mol. The van der Waals surface area contributed by atoms with Crippen LogP contribution in [0.1, 0.15) is 79.6 Å². The zero-order valence-corrected chi connectivity index (χ0v) is 13.4. The summed E-state index contributed by atoms with van der Waals surface area (Å²) in [5.74, 6) is 0.870. The van der Waals surface area contributed by atoms with Crippen LogP contribution in [0.4, 0.5) is 0 Å². The van der Waals surface area contributed by atoms with Gasteiger partial charge in [-0.25, -0.2) is 0 Å². The van der Waals surface area contributed by atoms with Gasteiger partial charge in [-0.2, -0.15) is 0 Å². The molecule has 0 bridgehead atoms. The highest BCUT2D eigenvalue weighted by Crippen LogP contribution is 2.67. The molecule has 108 valence electrons. The van der Waals surface area contributed by atoms with Gasteiger partial charge in [0.2, 0.25) is 0 Å². The van der Waals surface area contributed by atoms with Gasteiger partial charge in [0.15, 0.2) is 0 Å². The summed E-state index contributed by atoms with van der Waals surface area (Å²) < 4.78 is 0. The molecule has 1 nitrogen and oxygen atoms in total. The van der Waals surface area contributed by atoms with Crippen molar-refractivity contribution in [3.8, 4) is 0 Å². The van der Waals surface area contributed by atoms with Crippen LogP contribution in [0.15, 0.2) is 0 Å². The van der Waals surface area contributed by atoms with Crippen LogP contribution < -0.4 is 5.32 Å². The normalized spacial score (nSPS) is 21.2. The van der Waals surface area contributed by atoms with Gasteiger partial charge >= 0.3 is 0 Å². The summed E-state index contributed by atoms with van der Waals surface area (Å²) in [6, 6.07) is 0. The van der Waals surface area contributed by atoms with Crippen molar-refractivity contribution in [2.45, 2.75) is 79.6 Å². The second-order valence-electron chi connectivity index (χ2n) is 7.32. The minimum absolute atomic E-state index is 0.542. The van der Waals surface area contributed by atoms with Gasteiger partial charge in [-0.15, -0.1) is 0 Å². The van der Waals surface area contributed by atoms with Crippen LogP contribution in [0.25, 0.3) is 0 Å². The molecular weight excluding hydrogens is 218 g/mol. The molecule has 0 amide bonds. The highest BCUT2D eigenvalue weighted by molar-refractivity contribution is 5.12. The van der Waals surface area contributed by atoms with Crippen molar-refractivity contribution >= 4 is 0 Å². The lowest BCUT2D eigenvalue weighted by Gasteiger charge is -2.06. The maximum absolute atomic E-state index is 3.66. The molecule has 1 fully saturated rings. The third-order valence-corrected chi connectivity index (χ3v) is 5.63. The van der Waals surface area contributed by atoms with E-state index in [1.807, 2.05) is 0 Å². The van der Waals surface area contributed by atoms with Gasteiger partial charge in [0.25, 0.3) is 0 Å². The van der Waals surface area contributed by atoms with Crippen molar-refractivity contribution in [2.75, 3.05) is 13.1 Å². The average molecular weight is 253 g/mol. The highest BCUT2D eigenvalue weighted by Gasteiger charge is 2.63. The predicted octanol–water partition coefficient (Wildman–Crippen LogP) is 5.01. The molecule has 0 aromatic carbocycles. The molecule has 0 aliphatic heterocycles. The molecule has 1 rings (SSSR count). The summed E-state index contributed by atoms with van der Waals surface area (Å²) in [6.07, 6.45) is 9.86. The van der Waals surface area contributed by atoms with E-state index >= 15 is 0 Å². The van der Waals surface area contributed by atoms with Crippen LogP contribution in [0.5, 0.6) is 0 Å². The number of hydrogen-bond acceptors (Lipinski definition) is 1. The van der Waals surface area contributed by atoms with Crippen LogP contribution in [-0.2, 0) is 0 Å². The zero-order chi connectivity index (χ0) is 13.6. The Kier molecular flexibility index (Phi) is 6.17. The lowest BCUT2D eigenvalue weighted by atomic mass is 10.0. The van der Waals surface area contributed by atoms with Crippen LogP contribution >= 0.6 is 0 Å². The topological polar surface area (TPSA) is 12.0 Å². The Balaban J connectivity index is 1.89. The average Bonchev–Trinajstić information content (AvgIpc) is 2.68. The Morgan fingerprint density at radius 3 is 1.78 bits per heavy atom. The third-order valence-electron chi connectivity index (χ3n) is 5.63. The van der Waals surface area contributed by atoms with E-state index in [1.165, 1.54) is 58.0 Å². The fourth-order valence-electron chi connectivity index (χ4n) is 3.30. The van der Waals surface area contributed by atoms with E-state index in [2.05, 4.69) is 39.9 Å². The first-order chi connectivity index (χ1) is 8.44. The van der Waals surface area contributed by atoms with Crippen LogP contribution in [0, 0.1) is 16.7 Å². The van der Waals surface area contributed by atoms with Gasteiger partial charge in [0, 0.05) is 0 Å². The lowest BCUT2D eigenvalue weighted by Crippen LogP contribution is -2.20. The molecule has 18 heavy (non-hydrogen) atoms. The molecule has 1 heteroatoms. The summed E-state index contributed by atoms with van der Waals surface area (Å²) >= 11 is 0. The van der Waals surface area contributed by atoms with Crippen molar-refractivity contribution in [1.82, 2.24) is 5.32 Å². The van der Waals surface area contributed by atoms with Gasteiger partial charge in [-0.1, -0.05) is 73.1 Å². The van der Waals surface area contributed by atoms with Gasteiger partial charge < -0.3 is 5.32 Å². The summed E-state index contributed by atoms with van der Waals surface area (Å²) in [4.78, 5) is 0. The molecule has 0 radical (unpaired) electrons. The first-order valence-electron chi connectivity index (χ1n) is 8.15. The molecule has 0 atom stereocenters. The standard InChI is InChI=1S/C17H35N/c1-6-7-8-9-10-11-12-13-18-14-15-16(2,3)17(15,4)5/h15,18H,6-14H2,1-5H3. The highest BCUT2D eigenvalue weighted by atomic mass is 14.9. The maximum Gasteiger partial charge on any atom is -0.000989 e. The number of rotatable bonds is 10. The fraction of sp³-hybridized carbons (Fsp3) is 1.00. The van der Waals surface area contributed by atoms with E-state index in [0.717, 1.165) is 5.92 Å². The molecule has 0 unspecified atom stereocenters. The van der Waals surface area contributed by atoms with Crippen molar-refractivity contribution in [3.05, 3.63) is 0 Å². The smallest absolute Gasteiger partial charge is 0.000989 e. The monoisotopic (exact) mass is 253 g/mol. The molecule has 1 N–H and O–H groups in total. The van der Waals surface area contributed by atoms with Crippen LogP contribution in [0.2, 0.25) is 0 Å². The Hall–Kier alpha value is -0.0400. The number of hydrogen-bond donors (Lipinski definition) is 1. The molecule has 1 aliphatic rings. The van der Waals surface area contributed by atoms with Gasteiger partial charge in [-0.3, -0.25) is 0 Å². The van der Waals surface area contributed by atoms with E-state index in [-0.39, 0.29) is 0 Å². The molecular formula is C17H35N. The first-order valence-corrected chi connectivity index (χ1v) is 8.15. The van der Waals surface area contributed by atoms with E-state index < -0.39 is 0 Å². The Bertz CT molecular complexity index is 216. The second-order valence-corrected chi connectivity index (χ2v) is 7.32. The summed E-state index contributed by atoms with van der Waals surface area (Å²) in [5, 5.41) is 3.66. The van der Waals surface area contributed by atoms with Crippen LogP contribution in [-0.4, -0.2) is 13.1 Å².